The molecule has 0 amide bonds. The number of hydrogen-bond donors (Lipinski definition) is 1. The number of rotatable bonds is 2. The second-order valence-corrected chi connectivity index (χ2v) is 4.26. The van der Waals surface area contributed by atoms with E-state index >= 15 is 0 Å². The summed E-state index contributed by atoms with van der Waals surface area (Å²) in [5.41, 5.74) is 0.173. The number of carbonyl (C=O) groups excluding carboxylic acids is 1. The van der Waals surface area contributed by atoms with Crippen LogP contribution in [0.4, 0.5) is 0 Å². The van der Waals surface area contributed by atoms with E-state index in [0.717, 1.165) is 3.57 Å². The molecule has 13 heavy (non-hydrogen) atoms. The van der Waals surface area contributed by atoms with E-state index in [1.54, 1.807) is 12.1 Å². The Hall–Kier alpha value is -0.000000000000000111. The largest absolute Gasteiger partial charge is 0.506 e. The van der Waals surface area contributed by atoms with Crippen molar-refractivity contribution in [1.82, 2.24) is 0 Å². The number of aromatic hydroxyl groups is 1. The molecular formula is C8H5Cl2IO2. The van der Waals surface area contributed by atoms with Crippen LogP contribution in [0.25, 0.3) is 0 Å². The van der Waals surface area contributed by atoms with Gasteiger partial charge >= 0.3 is 0 Å². The molecular weight excluding hydrogens is 326 g/mol. The predicted octanol–water partition coefficient (Wildman–Crippen LogP) is 3.07. The van der Waals surface area contributed by atoms with Crippen LogP contribution in [-0.2, 0) is 0 Å². The first kappa shape index (κ1) is 11.1. The first-order valence-electron chi connectivity index (χ1n) is 3.33. The molecule has 0 radical (unpaired) electrons. The van der Waals surface area contributed by atoms with Crippen LogP contribution in [-0.4, -0.2) is 16.8 Å². The van der Waals surface area contributed by atoms with E-state index in [2.05, 4.69) is 0 Å². The second kappa shape index (κ2) is 4.48. The summed E-state index contributed by atoms with van der Waals surface area (Å²) in [6, 6.07) is 3.12. The molecule has 0 spiro atoms. The molecule has 1 rings (SSSR count). The Balaban J connectivity index is 3.28. The third-order valence-corrected chi connectivity index (χ3v) is 2.60. The van der Waals surface area contributed by atoms with Gasteiger partial charge in [0.2, 0.25) is 0 Å². The molecule has 70 valence electrons. The van der Waals surface area contributed by atoms with Gasteiger partial charge in [-0.1, -0.05) is 11.6 Å². The van der Waals surface area contributed by atoms with Crippen LogP contribution in [0.1, 0.15) is 10.4 Å². The van der Waals surface area contributed by atoms with Gasteiger partial charge in [0.05, 0.1) is 16.5 Å². The Morgan fingerprint density at radius 1 is 1.54 bits per heavy atom. The predicted molar refractivity (Wildman–Crippen MR) is 60.9 cm³/mol. The molecule has 1 aromatic carbocycles. The van der Waals surface area contributed by atoms with Gasteiger partial charge in [0, 0.05) is 3.57 Å². The van der Waals surface area contributed by atoms with Crippen molar-refractivity contribution in [1.29, 1.82) is 0 Å². The van der Waals surface area contributed by atoms with Crippen molar-refractivity contribution in [2.75, 3.05) is 5.88 Å². The summed E-state index contributed by atoms with van der Waals surface area (Å²) in [5.74, 6) is -0.698. The smallest absolute Gasteiger partial charge is 0.181 e. The average molecular weight is 331 g/mol. The third kappa shape index (κ3) is 2.48. The van der Waals surface area contributed by atoms with Crippen molar-refractivity contribution >= 4 is 51.6 Å². The third-order valence-electron chi connectivity index (χ3n) is 1.45. The van der Waals surface area contributed by atoms with E-state index in [4.69, 9.17) is 23.2 Å². The van der Waals surface area contributed by atoms with Gasteiger partial charge < -0.3 is 5.11 Å². The summed E-state index contributed by atoms with van der Waals surface area (Å²) in [6.45, 7) is 0. The molecule has 0 unspecified atom stereocenters. The van der Waals surface area contributed by atoms with E-state index in [9.17, 15) is 9.90 Å². The number of halogens is 3. The molecule has 0 atom stereocenters. The second-order valence-electron chi connectivity index (χ2n) is 2.34. The monoisotopic (exact) mass is 330 g/mol. The quantitative estimate of drug-likeness (QED) is 0.514. The Bertz CT molecular complexity index is 352. The number of benzene rings is 1. The minimum absolute atomic E-state index is 0.163. The molecule has 0 aromatic heterocycles. The lowest BCUT2D eigenvalue weighted by atomic mass is 10.1. The van der Waals surface area contributed by atoms with Gasteiger partial charge in [-0.25, -0.2) is 0 Å². The van der Waals surface area contributed by atoms with Gasteiger partial charge in [-0.2, -0.15) is 0 Å². The van der Waals surface area contributed by atoms with Crippen LogP contribution in [0.15, 0.2) is 12.1 Å². The Labute approximate surface area is 99.0 Å². The SMILES string of the molecule is O=C(CCl)c1cc(I)cc(Cl)c1O. The molecule has 0 saturated heterocycles. The molecule has 1 aromatic rings. The molecule has 0 saturated carbocycles. The van der Waals surface area contributed by atoms with Gasteiger partial charge in [-0.15, -0.1) is 11.6 Å². The van der Waals surface area contributed by atoms with E-state index in [0.29, 0.717) is 0 Å². The Morgan fingerprint density at radius 2 is 2.15 bits per heavy atom. The standard InChI is InChI=1S/C8H5Cl2IO2/c9-3-7(12)5-1-4(11)2-6(10)8(5)13/h1-2,13H,3H2. The van der Waals surface area contributed by atoms with Crippen LogP contribution in [0, 0.1) is 3.57 Å². The highest BCUT2D eigenvalue weighted by molar-refractivity contribution is 14.1. The minimum Gasteiger partial charge on any atom is -0.506 e. The number of carbonyl (C=O) groups is 1. The Morgan fingerprint density at radius 3 is 2.69 bits per heavy atom. The van der Waals surface area contributed by atoms with Gasteiger partial charge in [-0.05, 0) is 34.7 Å². The number of phenolic OH excluding ortho intramolecular Hbond substituents is 1. The highest BCUT2D eigenvalue weighted by atomic mass is 127. The molecule has 0 bridgehead atoms. The van der Waals surface area contributed by atoms with Crippen LogP contribution in [0.5, 0.6) is 5.75 Å². The molecule has 0 aliphatic heterocycles. The van der Waals surface area contributed by atoms with Gasteiger partial charge in [-0.3, -0.25) is 4.79 Å². The number of ketones is 1. The van der Waals surface area contributed by atoms with Crippen LogP contribution >= 0.6 is 45.8 Å². The highest BCUT2D eigenvalue weighted by Gasteiger charge is 2.13. The summed E-state index contributed by atoms with van der Waals surface area (Å²) in [5, 5.41) is 9.58. The zero-order valence-electron chi connectivity index (χ0n) is 6.35. The highest BCUT2D eigenvalue weighted by Crippen LogP contribution is 2.30. The van der Waals surface area contributed by atoms with Gasteiger partial charge in [0.15, 0.2) is 5.78 Å². The van der Waals surface area contributed by atoms with Crippen molar-refractivity contribution in [2.24, 2.45) is 0 Å². The molecule has 0 aliphatic carbocycles. The van der Waals surface area contributed by atoms with Gasteiger partial charge in [0.25, 0.3) is 0 Å². The van der Waals surface area contributed by atoms with Crippen LogP contribution in [0.2, 0.25) is 5.02 Å². The number of phenols is 1. The molecule has 5 heteroatoms. The minimum atomic E-state index is -0.334. The van der Waals surface area contributed by atoms with Crippen LogP contribution < -0.4 is 0 Å². The maximum absolute atomic E-state index is 11.2. The molecule has 0 fully saturated rings. The number of Topliss-reactive ketones (excluding diaryl/α,β-unsaturated/α-hetero) is 1. The van der Waals surface area contributed by atoms with Crippen molar-refractivity contribution in [3.8, 4) is 5.75 Å². The van der Waals surface area contributed by atoms with E-state index in [-0.39, 0.29) is 28.0 Å². The zero-order valence-corrected chi connectivity index (χ0v) is 10.0. The van der Waals surface area contributed by atoms with Crippen molar-refractivity contribution < 1.29 is 9.90 Å². The summed E-state index contributed by atoms with van der Waals surface area (Å²) < 4.78 is 0.786. The van der Waals surface area contributed by atoms with E-state index in [1.807, 2.05) is 22.6 Å². The molecule has 2 nitrogen and oxygen atoms in total. The number of alkyl halides is 1. The topological polar surface area (TPSA) is 37.3 Å². The average Bonchev–Trinajstić information content (AvgIpc) is 2.10. The van der Waals surface area contributed by atoms with E-state index in [1.165, 1.54) is 0 Å². The Kier molecular flexibility index (Phi) is 3.82. The van der Waals surface area contributed by atoms with Gasteiger partial charge in [0.1, 0.15) is 5.75 Å². The summed E-state index contributed by atoms with van der Waals surface area (Å²) in [4.78, 5) is 11.2. The van der Waals surface area contributed by atoms with Crippen molar-refractivity contribution in [3.63, 3.8) is 0 Å². The number of hydrogen-bond acceptors (Lipinski definition) is 2. The summed E-state index contributed by atoms with van der Waals surface area (Å²) >= 11 is 13.0. The van der Waals surface area contributed by atoms with Crippen LogP contribution in [0.3, 0.4) is 0 Å². The normalized spacial score (nSPS) is 10.1. The fourth-order valence-corrected chi connectivity index (χ4v) is 2.02. The lowest BCUT2D eigenvalue weighted by molar-refractivity contribution is 0.101. The van der Waals surface area contributed by atoms with Crippen molar-refractivity contribution in [2.45, 2.75) is 0 Å². The molecule has 0 heterocycles. The maximum Gasteiger partial charge on any atom is 0.181 e. The lowest BCUT2D eigenvalue weighted by Gasteiger charge is -2.04. The summed E-state index contributed by atoms with van der Waals surface area (Å²) in [7, 11) is 0. The fraction of sp³-hybridized carbons (Fsp3) is 0.125. The first-order valence-corrected chi connectivity index (χ1v) is 5.32. The van der Waals surface area contributed by atoms with E-state index < -0.39 is 0 Å². The van der Waals surface area contributed by atoms with Crippen molar-refractivity contribution in [3.05, 3.63) is 26.3 Å². The summed E-state index contributed by atoms with van der Waals surface area (Å²) in [6.07, 6.45) is 0. The zero-order chi connectivity index (χ0) is 10.0. The fourth-order valence-electron chi connectivity index (χ4n) is 0.851. The maximum atomic E-state index is 11.2. The molecule has 0 aliphatic rings. The lowest BCUT2D eigenvalue weighted by Crippen LogP contribution is -2.01. The molecule has 1 N–H and O–H groups in total. The first-order chi connectivity index (χ1) is 6.06.